The highest BCUT2D eigenvalue weighted by Crippen LogP contribution is 2.27. The Balaban J connectivity index is 2.29. The maximum Gasteiger partial charge on any atom is 0.115 e. The monoisotopic (exact) mass is 234 g/mol. The van der Waals surface area contributed by atoms with Gasteiger partial charge in [-0.3, -0.25) is 5.84 Å². The second-order valence-corrected chi connectivity index (χ2v) is 4.63. The highest BCUT2D eigenvalue weighted by atomic mass is 32.1. The summed E-state index contributed by atoms with van der Waals surface area (Å²) in [6, 6.07) is 4.21. The molecule has 0 saturated carbocycles. The maximum atomic E-state index is 5.59. The minimum absolute atomic E-state index is 0.0218. The number of hydrogen-bond donors (Lipinski definition) is 2. The molecule has 0 aliphatic carbocycles. The van der Waals surface area contributed by atoms with Gasteiger partial charge in [-0.1, -0.05) is 6.92 Å². The topological polar surface area (TPSA) is 63.8 Å². The van der Waals surface area contributed by atoms with Crippen molar-refractivity contribution in [3.63, 3.8) is 0 Å². The van der Waals surface area contributed by atoms with E-state index < -0.39 is 0 Å². The van der Waals surface area contributed by atoms with E-state index in [1.54, 1.807) is 23.7 Å². The second-order valence-electron chi connectivity index (χ2n) is 3.43. The van der Waals surface area contributed by atoms with E-state index in [4.69, 9.17) is 5.84 Å². The average molecular weight is 234 g/mol. The molecule has 0 aliphatic rings. The fourth-order valence-corrected chi connectivity index (χ4v) is 2.58. The lowest BCUT2D eigenvalue weighted by molar-refractivity contribution is 0.641. The number of nitrogens with one attached hydrogen (secondary N) is 1. The van der Waals surface area contributed by atoms with Gasteiger partial charge in [-0.15, -0.1) is 11.3 Å². The van der Waals surface area contributed by atoms with Crippen LogP contribution < -0.4 is 11.3 Å². The van der Waals surface area contributed by atoms with Gasteiger partial charge in [0.25, 0.3) is 0 Å². The number of nitrogens with two attached hydrogens (primary N) is 1. The largest absolute Gasteiger partial charge is 0.271 e. The van der Waals surface area contributed by atoms with Crippen molar-refractivity contribution in [3.8, 4) is 0 Å². The first kappa shape index (κ1) is 11.2. The first-order valence-corrected chi connectivity index (χ1v) is 5.96. The molecule has 0 aromatic carbocycles. The molecule has 2 aromatic heterocycles. The molecule has 84 valence electrons. The third kappa shape index (κ3) is 2.27. The predicted molar refractivity (Wildman–Crippen MR) is 64.9 cm³/mol. The lowest BCUT2D eigenvalue weighted by Gasteiger charge is -2.13. The Hall–Kier alpha value is -1.30. The quantitative estimate of drug-likeness (QED) is 0.623. The van der Waals surface area contributed by atoms with E-state index in [0.29, 0.717) is 0 Å². The normalized spacial score (nSPS) is 12.6. The number of aryl methyl sites for hydroxylation is 1. The Bertz CT molecular complexity index is 440. The molecule has 16 heavy (non-hydrogen) atoms. The smallest absolute Gasteiger partial charge is 0.115 e. The maximum absolute atomic E-state index is 5.59. The summed E-state index contributed by atoms with van der Waals surface area (Å²) in [5.41, 5.74) is 3.78. The van der Waals surface area contributed by atoms with Crippen LogP contribution in [0, 0.1) is 0 Å². The van der Waals surface area contributed by atoms with Gasteiger partial charge < -0.3 is 0 Å². The lowest BCUT2D eigenvalue weighted by Crippen LogP contribution is -2.28. The molecule has 0 bridgehead atoms. The Labute approximate surface area is 98.5 Å². The average Bonchev–Trinajstić information content (AvgIpc) is 2.80. The van der Waals surface area contributed by atoms with Crippen LogP contribution in [-0.4, -0.2) is 9.97 Å². The van der Waals surface area contributed by atoms with Crippen molar-refractivity contribution in [2.45, 2.75) is 19.4 Å². The van der Waals surface area contributed by atoms with Gasteiger partial charge in [0.05, 0.1) is 6.04 Å². The van der Waals surface area contributed by atoms with Crippen LogP contribution in [0.25, 0.3) is 0 Å². The highest BCUT2D eigenvalue weighted by Gasteiger charge is 2.14. The zero-order chi connectivity index (χ0) is 11.4. The van der Waals surface area contributed by atoms with E-state index in [1.807, 2.05) is 0 Å². The van der Waals surface area contributed by atoms with Crippen LogP contribution in [0.4, 0.5) is 0 Å². The van der Waals surface area contributed by atoms with Crippen LogP contribution in [0.2, 0.25) is 0 Å². The van der Waals surface area contributed by atoms with Gasteiger partial charge in [0.15, 0.2) is 0 Å². The molecule has 2 heterocycles. The van der Waals surface area contributed by atoms with Crippen LogP contribution >= 0.6 is 11.3 Å². The molecule has 3 N–H and O–H groups in total. The van der Waals surface area contributed by atoms with Crippen LogP contribution in [-0.2, 0) is 6.42 Å². The lowest BCUT2D eigenvalue weighted by atomic mass is 10.1. The van der Waals surface area contributed by atoms with Crippen molar-refractivity contribution in [1.29, 1.82) is 0 Å². The molecule has 0 aliphatic heterocycles. The van der Waals surface area contributed by atoms with Crippen molar-refractivity contribution in [3.05, 3.63) is 46.2 Å². The molecule has 0 radical (unpaired) electrons. The predicted octanol–water partition coefficient (Wildman–Crippen LogP) is 1.65. The highest BCUT2D eigenvalue weighted by molar-refractivity contribution is 7.12. The first-order valence-electron chi connectivity index (χ1n) is 5.14. The number of rotatable bonds is 4. The zero-order valence-corrected chi connectivity index (χ0v) is 9.87. The van der Waals surface area contributed by atoms with Gasteiger partial charge in [0, 0.05) is 27.7 Å². The molecule has 0 fully saturated rings. The van der Waals surface area contributed by atoms with Crippen LogP contribution in [0.5, 0.6) is 0 Å². The summed E-state index contributed by atoms with van der Waals surface area (Å²) >= 11 is 1.76. The Morgan fingerprint density at radius 1 is 1.38 bits per heavy atom. The van der Waals surface area contributed by atoms with Gasteiger partial charge in [-0.05, 0) is 18.6 Å². The standard InChI is InChI=1S/C11H14N4S/c1-2-9-3-4-10(16-9)11(15-12)8-5-13-7-14-6-8/h3-7,11,15H,2,12H2,1H3. The number of thiophene rings is 1. The third-order valence-electron chi connectivity index (χ3n) is 2.40. The third-order valence-corrected chi connectivity index (χ3v) is 3.69. The van der Waals surface area contributed by atoms with E-state index in [1.165, 1.54) is 16.1 Å². The Morgan fingerprint density at radius 2 is 2.12 bits per heavy atom. The molecule has 0 spiro atoms. The fraction of sp³-hybridized carbons (Fsp3) is 0.273. The van der Waals surface area contributed by atoms with Gasteiger partial charge in [-0.25, -0.2) is 15.4 Å². The summed E-state index contributed by atoms with van der Waals surface area (Å²) in [6.07, 6.45) is 6.13. The van der Waals surface area contributed by atoms with Gasteiger partial charge in [0.1, 0.15) is 6.33 Å². The summed E-state index contributed by atoms with van der Waals surface area (Å²) in [6.45, 7) is 2.14. The van der Waals surface area contributed by atoms with Gasteiger partial charge >= 0.3 is 0 Å². The van der Waals surface area contributed by atoms with Gasteiger partial charge in [0.2, 0.25) is 0 Å². The van der Waals surface area contributed by atoms with Crippen molar-refractivity contribution in [2.24, 2.45) is 5.84 Å². The van der Waals surface area contributed by atoms with Crippen LogP contribution in [0.3, 0.4) is 0 Å². The second kappa shape index (κ2) is 5.16. The number of hydrazine groups is 1. The molecule has 1 atom stereocenters. The fourth-order valence-electron chi connectivity index (χ4n) is 1.54. The summed E-state index contributed by atoms with van der Waals surface area (Å²) in [4.78, 5) is 10.6. The summed E-state index contributed by atoms with van der Waals surface area (Å²) in [5, 5.41) is 0. The van der Waals surface area contributed by atoms with E-state index in [0.717, 1.165) is 12.0 Å². The summed E-state index contributed by atoms with van der Waals surface area (Å²) in [5.74, 6) is 5.59. The van der Waals surface area contributed by atoms with Crippen molar-refractivity contribution in [1.82, 2.24) is 15.4 Å². The molecule has 0 amide bonds. The Morgan fingerprint density at radius 3 is 2.69 bits per heavy atom. The molecule has 5 heteroatoms. The summed E-state index contributed by atoms with van der Waals surface area (Å²) < 4.78 is 0. The molecule has 0 saturated heterocycles. The van der Waals surface area contributed by atoms with Gasteiger partial charge in [-0.2, -0.15) is 0 Å². The van der Waals surface area contributed by atoms with E-state index in [9.17, 15) is 0 Å². The number of aromatic nitrogens is 2. The number of hydrogen-bond acceptors (Lipinski definition) is 5. The van der Waals surface area contributed by atoms with E-state index >= 15 is 0 Å². The van der Waals surface area contributed by atoms with Crippen molar-refractivity contribution in [2.75, 3.05) is 0 Å². The van der Waals surface area contributed by atoms with Crippen LogP contribution in [0.1, 0.15) is 28.3 Å². The molecular formula is C11H14N4S. The first-order chi connectivity index (χ1) is 7.85. The molecule has 1 unspecified atom stereocenters. The molecule has 2 aromatic rings. The van der Waals surface area contributed by atoms with Crippen LogP contribution in [0.15, 0.2) is 30.9 Å². The zero-order valence-electron chi connectivity index (χ0n) is 9.05. The molecule has 4 nitrogen and oxygen atoms in total. The van der Waals surface area contributed by atoms with Crippen molar-refractivity contribution < 1.29 is 0 Å². The number of nitrogens with zero attached hydrogens (tertiary/aromatic N) is 2. The molecule has 2 rings (SSSR count). The minimum atomic E-state index is -0.0218. The SMILES string of the molecule is CCc1ccc(C(NN)c2cncnc2)s1. The molecular weight excluding hydrogens is 220 g/mol. The van der Waals surface area contributed by atoms with E-state index in [2.05, 4.69) is 34.5 Å². The summed E-state index contributed by atoms with van der Waals surface area (Å²) in [7, 11) is 0. The van der Waals surface area contributed by atoms with Crippen molar-refractivity contribution >= 4 is 11.3 Å². The Kier molecular flexibility index (Phi) is 3.61. The minimum Gasteiger partial charge on any atom is -0.271 e. The van der Waals surface area contributed by atoms with E-state index in [-0.39, 0.29) is 6.04 Å².